The van der Waals surface area contributed by atoms with Crippen molar-refractivity contribution in [1.82, 2.24) is 5.32 Å². The topological polar surface area (TPSA) is 58.4 Å². The van der Waals surface area contributed by atoms with Gasteiger partial charge in [0.25, 0.3) is 0 Å². The molecule has 0 saturated heterocycles. The second-order valence-corrected chi connectivity index (χ2v) is 5.38. The van der Waals surface area contributed by atoms with E-state index in [1.807, 2.05) is 19.1 Å². The molecule has 1 rings (SSSR count). The minimum atomic E-state index is 0.0124. The van der Waals surface area contributed by atoms with Gasteiger partial charge in [-0.15, -0.1) is 11.8 Å². The van der Waals surface area contributed by atoms with Crippen molar-refractivity contribution >= 4 is 23.4 Å². The number of nitrogens with two attached hydrogens (primary N) is 1. The fourth-order valence-corrected chi connectivity index (χ4v) is 2.81. The molecule has 0 aliphatic carbocycles. The normalized spacial score (nSPS) is 10.3. The maximum absolute atomic E-state index is 11.6. The number of nitrogens with one attached hydrogen (secondary N) is 1. The molecule has 0 spiro atoms. The Kier molecular flexibility index (Phi) is 6.73. The summed E-state index contributed by atoms with van der Waals surface area (Å²) >= 11 is 1.79. The van der Waals surface area contributed by atoms with Gasteiger partial charge >= 0.3 is 0 Å². The van der Waals surface area contributed by atoms with Crippen molar-refractivity contribution < 1.29 is 4.79 Å². The minimum Gasteiger partial charge on any atom is -0.362 e. The average molecular weight is 281 g/mol. The van der Waals surface area contributed by atoms with Gasteiger partial charge in [0, 0.05) is 36.3 Å². The predicted octanol–water partition coefficient (Wildman–Crippen LogP) is 1.83. The molecule has 1 aromatic carbocycles. The van der Waals surface area contributed by atoms with E-state index in [1.165, 1.54) is 4.90 Å². The lowest BCUT2D eigenvalue weighted by Gasteiger charge is -2.25. The summed E-state index contributed by atoms with van der Waals surface area (Å²) in [6.45, 7) is 5.80. The standard InChI is InChI=1S/C14H23N3OS/c1-4-17(10-14(18)16-3)12-7-6-8-13(19-5-2)11(12)9-15/h6-8H,4-5,9-10,15H2,1-3H3,(H,16,18). The van der Waals surface area contributed by atoms with E-state index in [0.29, 0.717) is 13.1 Å². The van der Waals surface area contributed by atoms with Crippen molar-refractivity contribution in [1.29, 1.82) is 0 Å². The first-order valence-corrected chi connectivity index (χ1v) is 7.56. The van der Waals surface area contributed by atoms with Crippen LogP contribution in [0, 0.1) is 0 Å². The summed E-state index contributed by atoms with van der Waals surface area (Å²) < 4.78 is 0. The van der Waals surface area contributed by atoms with Gasteiger partial charge in [-0.25, -0.2) is 0 Å². The number of rotatable bonds is 7. The second kappa shape index (κ2) is 8.07. The maximum Gasteiger partial charge on any atom is 0.239 e. The van der Waals surface area contributed by atoms with E-state index in [9.17, 15) is 4.79 Å². The van der Waals surface area contributed by atoms with Crippen LogP contribution >= 0.6 is 11.8 Å². The lowest BCUT2D eigenvalue weighted by Crippen LogP contribution is -2.36. The summed E-state index contributed by atoms with van der Waals surface area (Å²) in [5, 5.41) is 2.66. The number of carbonyl (C=O) groups is 1. The molecule has 0 aliphatic heterocycles. The molecule has 1 aromatic rings. The molecule has 106 valence electrons. The number of carbonyl (C=O) groups excluding carboxylic acids is 1. The van der Waals surface area contributed by atoms with E-state index in [0.717, 1.165) is 23.5 Å². The van der Waals surface area contributed by atoms with Crippen molar-refractivity contribution in [3.63, 3.8) is 0 Å². The first-order chi connectivity index (χ1) is 9.17. The van der Waals surface area contributed by atoms with Gasteiger partial charge in [-0.2, -0.15) is 0 Å². The van der Waals surface area contributed by atoms with Crippen LogP contribution in [0.3, 0.4) is 0 Å². The fraction of sp³-hybridized carbons (Fsp3) is 0.500. The van der Waals surface area contributed by atoms with Crippen molar-refractivity contribution in [2.24, 2.45) is 5.73 Å². The SMILES string of the molecule is CCSc1cccc(N(CC)CC(=O)NC)c1CN. The fourth-order valence-electron chi connectivity index (χ4n) is 1.97. The first-order valence-electron chi connectivity index (χ1n) is 6.58. The molecule has 0 aliphatic rings. The smallest absolute Gasteiger partial charge is 0.239 e. The van der Waals surface area contributed by atoms with Crippen LogP contribution in [0.4, 0.5) is 5.69 Å². The molecule has 19 heavy (non-hydrogen) atoms. The molecule has 0 saturated carbocycles. The van der Waals surface area contributed by atoms with Gasteiger partial charge in [0.15, 0.2) is 0 Å². The third-order valence-electron chi connectivity index (χ3n) is 2.95. The summed E-state index contributed by atoms with van der Waals surface area (Å²) in [4.78, 5) is 14.8. The summed E-state index contributed by atoms with van der Waals surface area (Å²) in [6, 6.07) is 6.15. The third kappa shape index (κ3) is 4.14. The molecule has 0 bridgehead atoms. The van der Waals surface area contributed by atoms with Gasteiger partial charge in [-0.05, 0) is 24.8 Å². The van der Waals surface area contributed by atoms with Crippen molar-refractivity contribution in [3.05, 3.63) is 23.8 Å². The monoisotopic (exact) mass is 281 g/mol. The zero-order valence-electron chi connectivity index (χ0n) is 11.9. The van der Waals surface area contributed by atoms with E-state index < -0.39 is 0 Å². The van der Waals surface area contributed by atoms with Crippen LogP contribution in [0.2, 0.25) is 0 Å². The number of nitrogens with zero attached hydrogens (tertiary/aromatic N) is 1. The number of thioether (sulfide) groups is 1. The zero-order valence-corrected chi connectivity index (χ0v) is 12.7. The highest BCUT2D eigenvalue weighted by Crippen LogP contribution is 2.30. The predicted molar refractivity (Wildman–Crippen MR) is 82.7 cm³/mol. The van der Waals surface area contributed by atoms with Crippen LogP contribution in [0.5, 0.6) is 0 Å². The number of hydrogen-bond acceptors (Lipinski definition) is 4. The van der Waals surface area contributed by atoms with E-state index in [-0.39, 0.29) is 5.91 Å². The Labute approximate surface area is 119 Å². The molecule has 0 aromatic heterocycles. The van der Waals surface area contributed by atoms with Crippen LogP contribution in [0.1, 0.15) is 19.4 Å². The molecule has 3 N–H and O–H groups in total. The summed E-state index contributed by atoms with van der Waals surface area (Å²) in [5.74, 6) is 1.02. The van der Waals surface area contributed by atoms with Crippen LogP contribution in [-0.4, -0.2) is 31.8 Å². The van der Waals surface area contributed by atoms with Gasteiger partial charge in [-0.1, -0.05) is 13.0 Å². The molecule has 0 heterocycles. The molecule has 0 radical (unpaired) electrons. The van der Waals surface area contributed by atoms with E-state index >= 15 is 0 Å². The van der Waals surface area contributed by atoms with Gasteiger partial charge in [-0.3, -0.25) is 4.79 Å². The lowest BCUT2D eigenvalue weighted by atomic mass is 10.1. The van der Waals surface area contributed by atoms with Gasteiger partial charge in [0.05, 0.1) is 6.54 Å². The van der Waals surface area contributed by atoms with Crippen LogP contribution in [-0.2, 0) is 11.3 Å². The number of hydrogen-bond donors (Lipinski definition) is 2. The highest BCUT2D eigenvalue weighted by molar-refractivity contribution is 7.99. The highest BCUT2D eigenvalue weighted by Gasteiger charge is 2.14. The Morgan fingerprint density at radius 1 is 1.42 bits per heavy atom. The Hall–Kier alpha value is -1.20. The third-order valence-corrected chi connectivity index (χ3v) is 3.93. The van der Waals surface area contributed by atoms with Crippen molar-refractivity contribution in [3.8, 4) is 0 Å². The second-order valence-electron chi connectivity index (χ2n) is 4.08. The van der Waals surface area contributed by atoms with Crippen LogP contribution in [0.25, 0.3) is 0 Å². The summed E-state index contributed by atoms with van der Waals surface area (Å²) in [7, 11) is 1.66. The van der Waals surface area contributed by atoms with E-state index in [2.05, 4.69) is 23.2 Å². The van der Waals surface area contributed by atoms with E-state index in [1.54, 1.807) is 18.8 Å². The van der Waals surface area contributed by atoms with E-state index in [4.69, 9.17) is 5.73 Å². The molecule has 0 unspecified atom stereocenters. The molecular weight excluding hydrogens is 258 g/mol. The van der Waals surface area contributed by atoms with Crippen LogP contribution < -0.4 is 16.0 Å². The van der Waals surface area contributed by atoms with Gasteiger partial charge in [0.1, 0.15) is 0 Å². The zero-order chi connectivity index (χ0) is 14.3. The Bertz CT molecular complexity index is 423. The molecule has 4 nitrogen and oxygen atoms in total. The summed E-state index contributed by atoms with van der Waals surface area (Å²) in [5.41, 5.74) is 8.08. The molecule has 0 fully saturated rings. The number of anilines is 1. The minimum absolute atomic E-state index is 0.0124. The molecule has 5 heteroatoms. The maximum atomic E-state index is 11.6. The number of likely N-dealkylation sites (N-methyl/N-ethyl adjacent to an activating group) is 2. The molecular formula is C14H23N3OS. The van der Waals surface area contributed by atoms with Gasteiger partial charge in [0.2, 0.25) is 5.91 Å². The largest absolute Gasteiger partial charge is 0.362 e. The Morgan fingerprint density at radius 3 is 2.68 bits per heavy atom. The Balaban J connectivity index is 3.08. The quantitative estimate of drug-likeness (QED) is 0.749. The number of amides is 1. The molecule has 0 atom stereocenters. The van der Waals surface area contributed by atoms with Crippen LogP contribution in [0.15, 0.2) is 23.1 Å². The summed E-state index contributed by atoms with van der Waals surface area (Å²) in [6.07, 6.45) is 0. The Morgan fingerprint density at radius 2 is 2.16 bits per heavy atom. The molecule has 1 amide bonds. The van der Waals surface area contributed by atoms with Crippen molar-refractivity contribution in [2.75, 3.05) is 30.8 Å². The number of benzene rings is 1. The first kappa shape index (κ1) is 15.9. The van der Waals surface area contributed by atoms with Gasteiger partial charge < -0.3 is 16.0 Å². The lowest BCUT2D eigenvalue weighted by molar-refractivity contribution is -0.119. The van der Waals surface area contributed by atoms with Crippen molar-refractivity contribution in [2.45, 2.75) is 25.3 Å². The average Bonchev–Trinajstić information content (AvgIpc) is 2.44. The highest BCUT2D eigenvalue weighted by atomic mass is 32.2.